The fourth-order valence-corrected chi connectivity index (χ4v) is 1.66. The van der Waals surface area contributed by atoms with Gasteiger partial charge in [0.05, 0.1) is 5.02 Å². The maximum atomic E-state index is 13.7. The summed E-state index contributed by atoms with van der Waals surface area (Å²) >= 11 is 5.57. The number of halogens is 4. The van der Waals surface area contributed by atoms with E-state index in [-0.39, 0.29) is 28.0 Å². The van der Waals surface area contributed by atoms with Crippen LogP contribution in [0.3, 0.4) is 0 Å². The summed E-state index contributed by atoms with van der Waals surface area (Å²) in [6.45, 7) is -3.06. The fourth-order valence-electron chi connectivity index (χ4n) is 1.51. The van der Waals surface area contributed by atoms with Gasteiger partial charge >= 0.3 is 6.61 Å². The highest BCUT2D eigenvalue weighted by Crippen LogP contribution is 2.33. The Morgan fingerprint density at radius 1 is 1.42 bits per heavy atom. The molecule has 19 heavy (non-hydrogen) atoms. The number of aryl methyl sites for hydroxylation is 1. The highest BCUT2D eigenvalue weighted by Gasteiger charge is 2.22. The van der Waals surface area contributed by atoms with E-state index in [0.717, 1.165) is 10.7 Å². The summed E-state index contributed by atoms with van der Waals surface area (Å²) in [5.41, 5.74) is 5.10. The highest BCUT2D eigenvalue weighted by atomic mass is 35.5. The van der Waals surface area contributed by atoms with Gasteiger partial charge < -0.3 is 10.5 Å². The molecule has 0 saturated heterocycles. The second-order valence-corrected chi connectivity index (χ2v) is 3.99. The molecule has 0 saturated carbocycles. The molecule has 2 N–H and O–H groups in total. The lowest BCUT2D eigenvalue weighted by Gasteiger charge is -2.04. The molecule has 2 aromatic heterocycles. The Bertz CT molecular complexity index is 617. The average molecular weight is 293 g/mol. The van der Waals surface area contributed by atoms with Crippen molar-refractivity contribution < 1.29 is 17.9 Å². The Kier molecular flexibility index (Phi) is 3.52. The molecule has 0 aromatic carbocycles. The first-order valence-corrected chi connectivity index (χ1v) is 5.36. The Morgan fingerprint density at radius 3 is 2.68 bits per heavy atom. The van der Waals surface area contributed by atoms with Gasteiger partial charge in [0.1, 0.15) is 17.1 Å². The summed E-state index contributed by atoms with van der Waals surface area (Å²) in [4.78, 5) is 3.74. The monoisotopic (exact) mass is 292 g/mol. The van der Waals surface area contributed by atoms with Gasteiger partial charge in [0.25, 0.3) is 0 Å². The summed E-state index contributed by atoms with van der Waals surface area (Å²) in [7, 11) is 1.34. The van der Waals surface area contributed by atoms with E-state index < -0.39 is 12.4 Å². The number of pyridine rings is 1. The second kappa shape index (κ2) is 4.96. The van der Waals surface area contributed by atoms with Gasteiger partial charge in [-0.1, -0.05) is 11.6 Å². The lowest BCUT2D eigenvalue weighted by Crippen LogP contribution is -2.07. The molecule has 0 atom stereocenters. The summed E-state index contributed by atoms with van der Waals surface area (Å²) in [6.07, 6.45) is 1.20. The smallest absolute Gasteiger partial charge is 0.388 e. The molecule has 0 aliphatic heterocycles. The summed E-state index contributed by atoms with van der Waals surface area (Å²) in [5.74, 6) is -1.12. The minimum absolute atomic E-state index is 0.0904. The van der Waals surface area contributed by atoms with Crippen LogP contribution in [0.4, 0.5) is 18.9 Å². The normalized spacial score (nSPS) is 11.1. The topological polar surface area (TPSA) is 66.0 Å². The molecule has 0 bridgehead atoms. The molecule has 102 valence electrons. The molecule has 0 unspecified atom stereocenters. The molecular weight excluding hydrogens is 285 g/mol. The number of anilines is 1. The molecule has 2 aromatic rings. The minimum Gasteiger partial charge on any atom is -0.415 e. The van der Waals surface area contributed by atoms with Crippen LogP contribution in [-0.2, 0) is 7.05 Å². The van der Waals surface area contributed by atoms with E-state index >= 15 is 0 Å². The maximum absolute atomic E-state index is 13.7. The number of rotatable bonds is 3. The minimum atomic E-state index is -3.06. The predicted molar refractivity (Wildman–Crippen MR) is 62.5 cm³/mol. The third-order valence-electron chi connectivity index (χ3n) is 2.26. The van der Waals surface area contributed by atoms with Crippen molar-refractivity contribution in [3.05, 3.63) is 23.1 Å². The first-order valence-electron chi connectivity index (χ1n) is 4.99. The zero-order valence-corrected chi connectivity index (χ0v) is 10.3. The van der Waals surface area contributed by atoms with E-state index in [4.69, 9.17) is 17.3 Å². The van der Waals surface area contributed by atoms with E-state index in [1.165, 1.54) is 13.2 Å². The van der Waals surface area contributed by atoms with E-state index in [1.807, 2.05) is 0 Å². The van der Waals surface area contributed by atoms with Crippen molar-refractivity contribution in [2.24, 2.45) is 7.05 Å². The number of alkyl halides is 2. The first kappa shape index (κ1) is 13.5. The van der Waals surface area contributed by atoms with Crippen molar-refractivity contribution in [1.29, 1.82) is 0 Å². The van der Waals surface area contributed by atoms with Crippen molar-refractivity contribution in [3.63, 3.8) is 0 Å². The molecule has 0 aliphatic carbocycles. The molecule has 2 rings (SSSR count). The van der Waals surface area contributed by atoms with Crippen LogP contribution in [0.25, 0.3) is 11.4 Å². The van der Waals surface area contributed by atoms with E-state index in [1.54, 1.807) is 0 Å². The van der Waals surface area contributed by atoms with Crippen molar-refractivity contribution in [1.82, 2.24) is 14.8 Å². The van der Waals surface area contributed by atoms with Crippen LogP contribution in [0.5, 0.6) is 5.88 Å². The van der Waals surface area contributed by atoms with E-state index in [9.17, 15) is 13.2 Å². The van der Waals surface area contributed by atoms with Crippen LogP contribution >= 0.6 is 11.6 Å². The molecule has 0 amide bonds. The maximum Gasteiger partial charge on any atom is 0.388 e. The van der Waals surface area contributed by atoms with Crippen molar-refractivity contribution in [3.8, 4) is 17.3 Å². The van der Waals surface area contributed by atoms with Crippen molar-refractivity contribution in [2.45, 2.75) is 6.61 Å². The van der Waals surface area contributed by atoms with Crippen LogP contribution in [0.15, 0.2) is 12.3 Å². The Labute approximate surface area is 110 Å². The first-order chi connectivity index (χ1) is 8.90. The van der Waals surface area contributed by atoms with Gasteiger partial charge in [-0.3, -0.25) is 0 Å². The third kappa shape index (κ3) is 2.58. The number of nitrogens with zero attached hydrogens (tertiary/aromatic N) is 3. The standard InChI is InChI=1S/C10H8ClF3N4O/c1-18-9(19-10(13)14)6(15)8(17-18)7-5(12)2-4(11)3-16-7/h2-3,10H,15H2,1H3. The summed E-state index contributed by atoms with van der Waals surface area (Å²) in [6, 6.07) is 1.02. The molecule has 0 spiro atoms. The Hall–Kier alpha value is -1.96. The van der Waals surface area contributed by atoms with Crippen molar-refractivity contribution in [2.75, 3.05) is 5.73 Å². The van der Waals surface area contributed by atoms with Crippen LogP contribution in [0.1, 0.15) is 0 Å². The summed E-state index contributed by atoms with van der Waals surface area (Å²) in [5, 5.41) is 3.91. The summed E-state index contributed by atoms with van der Waals surface area (Å²) < 4.78 is 43.3. The van der Waals surface area contributed by atoms with E-state index in [2.05, 4.69) is 14.8 Å². The lowest BCUT2D eigenvalue weighted by atomic mass is 10.2. The van der Waals surface area contributed by atoms with Gasteiger partial charge in [-0.15, -0.1) is 0 Å². The zero-order valence-electron chi connectivity index (χ0n) is 9.57. The number of hydrogen-bond acceptors (Lipinski definition) is 4. The number of nitrogen functional groups attached to an aromatic ring is 1. The Balaban J connectivity index is 2.51. The van der Waals surface area contributed by atoms with Gasteiger partial charge in [0.2, 0.25) is 5.88 Å². The number of aromatic nitrogens is 3. The highest BCUT2D eigenvalue weighted by molar-refractivity contribution is 6.30. The fraction of sp³-hybridized carbons (Fsp3) is 0.200. The van der Waals surface area contributed by atoms with Crippen molar-refractivity contribution >= 4 is 17.3 Å². The lowest BCUT2D eigenvalue weighted by molar-refractivity contribution is -0.0547. The molecule has 2 heterocycles. The molecule has 0 aliphatic rings. The quantitative estimate of drug-likeness (QED) is 0.943. The number of ether oxygens (including phenoxy) is 1. The average Bonchev–Trinajstić information content (AvgIpc) is 2.57. The van der Waals surface area contributed by atoms with Crippen LogP contribution in [0.2, 0.25) is 5.02 Å². The van der Waals surface area contributed by atoms with Crippen LogP contribution in [-0.4, -0.2) is 21.4 Å². The predicted octanol–water partition coefficient (Wildman–Crippen LogP) is 2.46. The molecule has 0 fully saturated rings. The van der Waals surface area contributed by atoms with Crippen LogP contribution in [0, 0.1) is 5.82 Å². The van der Waals surface area contributed by atoms with Gasteiger partial charge in [-0.2, -0.15) is 13.9 Å². The van der Waals surface area contributed by atoms with Crippen LogP contribution < -0.4 is 10.5 Å². The molecular formula is C10H8ClF3N4O. The largest absolute Gasteiger partial charge is 0.415 e. The number of hydrogen-bond donors (Lipinski definition) is 1. The second-order valence-electron chi connectivity index (χ2n) is 3.55. The van der Waals surface area contributed by atoms with Gasteiger partial charge in [0.15, 0.2) is 5.82 Å². The van der Waals surface area contributed by atoms with Gasteiger partial charge in [-0.05, 0) is 6.07 Å². The molecule has 9 heteroatoms. The van der Waals surface area contributed by atoms with E-state index in [0.29, 0.717) is 0 Å². The van der Waals surface area contributed by atoms with Gasteiger partial charge in [-0.25, -0.2) is 14.1 Å². The number of nitrogens with two attached hydrogens (primary N) is 1. The molecule has 5 nitrogen and oxygen atoms in total. The zero-order chi connectivity index (χ0) is 14.2. The third-order valence-corrected chi connectivity index (χ3v) is 2.47. The SMILES string of the molecule is Cn1nc(-c2ncc(Cl)cc2F)c(N)c1OC(F)F. The molecule has 0 radical (unpaired) electrons. The van der Waals surface area contributed by atoms with Gasteiger partial charge in [0, 0.05) is 13.2 Å². The Morgan fingerprint density at radius 2 is 2.11 bits per heavy atom.